The Morgan fingerprint density at radius 1 is 0.241 bits per heavy atom. The fourth-order valence-electron chi connectivity index (χ4n) is 21.4. The molecule has 21 aromatic carbocycles. The van der Waals surface area contributed by atoms with Crippen LogP contribution in [0.25, 0.3) is 215 Å². The van der Waals surface area contributed by atoms with Gasteiger partial charge in [0.25, 0.3) is 13.4 Å². The summed E-state index contributed by atoms with van der Waals surface area (Å²) >= 11 is 0. The molecule has 145 heavy (non-hydrogen) atoms. The van der Waals surface area contributed by atoms with E-state index in [-0.39, 0.29) is 205 Å². The van der Waals surface area contributed by atoms with Gasteiger partial charge in [-0.1, -0.05) is 297 Å². The van der Waals surface area contributed by atoms with E-state index in [4.69, 9.17) is 69.8 Å². The van der Waals surface area contributed by atoms with E-state index < -0.39 is 205 Å². The summed E-state index contributed by atoms with van der Waals surface area (Å²) < 4.78 is 376. The standard InChI is InChI=1S/C45H26N4O.C43H27BN2O2.C42H25BN2O2/c1-3-12-27(13-4-1)43-46-44(28-14-5-2-6-15-28)48-45(47-43)31-17-11-16-29(24-31)30-22-23-38-34(25-30)35-26-36-32-18-8-10-21-39(32)50-42(36)40-33-19-7-9-20-37(33)49(38)41(35)40;1-26-19-20-30-36(23-26)45(27-11-3-2-4-12-27)34-21-22-35-41(42(30)34)29-13-5-8-16-33(29)46(35)28-24-39-43-40(25-28)48-38-18-10-7-15-32(38)44(43)31-14-6-9-17-37(31)47-39;1-2-12-26(13-3-1)44-32-18-8-4-14-28(32)40-34(44)22-23-35-41(40)29-15-5-9-19-33(29)45(35)27-24-38-42-39(25-27)47-37-21-11-7-17-31(37)43(42)30-16-6-10-20-36(30)46-38/h1-26H;2-25H,1H3;1-25H/i7D,9D,19D,20D,22D,23D,25D,26D;5D,6D,7D,8D,9D,10D,13D,14D,15D,16D,17D,18D,19D,20D,21D,22D,23D,24D,25D;6D,7D,10D,11D,16D,17D,20D,21D,24D,25D. The normalized spacial score (nSPS) is 16.2. The second kappa shape index (κ2) is 31.4. The van der Waals surface area contributed by atoms with Gasteiger partial charge in [-0.25, -0.2) is 15.0 Å². The van der Waals surface area contributed by atoms with Gasteiger partial charge in [0, 0.05) is 133 Å². The van der Waals surface area contributed by atoms with Gasteiger partial charge in [0.05, 0.1) is 128 Å². The Bertz CT molecular complexity index is 12800. The molecule has 12 heterocycles. The molecule has 0 atom stereocenters. The van der Waals surface area contributed by atoms with Crippen molar-refractivity contribution in [3.8, 4) is 114 Å². The van der Waals surface area contributed by atoms with Gasteiger partial charge in [0.1, 0.15) is 57.2 Å². The summed E-state index contributed by atoms with van der Waals surface area (Å²) in [6, 6.07) is 53.5. The summed E-state index contributed by atoms with van der Waals surface area (Å²) in [6.07, 6.45) is 0. The zero-order chi connectivity index (χ0) is 127. The van der Waals surface area contributed by atoms with E-state index in [0.29, 0.717) is 78.0 Å². The van der Waals surface area contributed by atoms with Gasteiger partial charge >= 0.3 is 0 Å². The van der Waals surface area contributed by atoms with E-state index in [9.17, 15) is 19.2 Å². The molecule has 674 valence electrons. The number of nitrogens with zero attached hydrogens (tertiary/aromatic N) is 8. The van der Waals surface area contributed by atoms with Gasteiger partial charge in [-0.05, 0) is 179 Å². The van der Waals surface area contributed by atoms with Crippen LogP contribution in [0.15, 0.2) is 459 Å². The molecule has 4 aliphatic heterocycles. The Morgan fingerprint density at radius 3 is 1.18 bits per heavy atom. The van der Waals surface area contributed by atoms with Crippen LogP contribution in [0.4, 0.5) is 0 Å². The maximum atomic E-state index is 9.92. The lowest BCUT2D eigenvalue weighted by Crippen LogP contribution is -2.57. The Balaban J connectivity index is 0.000000116. The van der Waals surface area contributed by atoms with Crippen molar-refractivity contribution < 1.29 is 74.1 Å². The number of hydrogen-bond donors (Lipinski definition) is 0. The summed E-state index contributed by atoms with van der Waals surface area (Å²) in [5.74, 6) is -1.48. The van der Waals surface area contributed by atoms with Crippen LogP contribution in [-0.2, 0) is 0 Å². The molecule has 0 amide bonds. The van der Waals surface area contributed by atoms with E-state index in [1.165, 1.54) is 15.9 Å². The van der Waals surface area contributed by atoms with Gasteiger partial charge < -0.3 is 46.0 Å². The highest BCUT2D eigenvalue weighted by Gasteiger charge is 2.43. The van der Waals surface area contributed by atoms with Crippen LogP contribution in [0.1, 0.15) is 56.3 Å². The van der Waals surface area contributed by atoms with Crippen molar-refractivity contribution in [2.75, 3.05) is 0 Å². The van der Waals surface area contributed by atoms with Crippen molar-refractivity contribution in [1.82, 2.24) is 37.6 Å². The smallest absolute Gasteiger partial charge is 0.260 e. The van der Waals surface area contributed by atoms with Crippen LogP contribution in [0.3, 0.4) is 0 Å². The third kappa shape index (κ3) is 12.1. The first kappa shape index (κ1) is 52.7. The van der Waals surface area contributed by atoms with Crippen LogP contribution < -0.4 is 51.7 Å². The average molecular weight is 1890 g/mol. The third-order valence-electron chi connectivity index (χ3n) is 27.4. The number of furan rings is 1. The van der Waals surface area contributed by atoms with Gasteiger partial charge in [-0.3, -0.25) is 0 Å². The summed E-state index contributed by atoms with van der Waals surface area (Å²) in [5, 5.41) is 5.38. The lowest BCUT2D eigenvalue weighted by molar-refractivity contribution is 0.463. The first-order valence-electron chi connectivity index (χ1n) is 64.8. The Labute approximate surface area is 882 Å². The molecule has 0 aliphatic carbocycles. The number of benzene rings is 21. The average Bonchev–Trinajstić information content (AvgIpc) is 1.48. The van der Waals surface area contributed by atoms with Gasteiger partial charge in [-0.2, -0.15) is 0 Å². The molecule has 0 fully saturated rings. The molecule has 0 N–H and O–H groups in total. The zero-order valence-electron chi connectivity index (χ0n) is 112. The van der Waals surface area contributed by atoms with E-state index in [2.05, 4.69) is 28.8 Å². The van der Waals surface area contributed by atoms with Gasteiger partial charge in [0.15, 0.2) is 17.5 Å². The molecule has 0 radical (unpaired) electrons. The van der Waals surface area contributed by atoms with Crippen molar-refractivity contribution in [3.63, 3.8) is 0 Å². The molecular weight excluding hydrogens is 1780 g/mol. The van der Waals surface area contributed by atoms with Crippen molar-refractivity contribution in [2.45, 2.75) is 6.92 Å². The minimum absolute atomic E-state index is 0.0305. The molecule has 0 spiro atoms. The highest BCUT2D eigenvalue weighted by molar-refractivity contribution is 6.99. The van der Waals surface area contributed by atoms with Gasteiger partial charge in [0.2, 0.25) is 0 Å². The molecule has 13 nitrogen and oxygen atoms in total. The largest absolute Gasteiger partial charge is 0.458 e. The highest BCUT2D eigenvalue weighted by atomic mass is 16.5. The number of ether oxygens (including phenoxy) is 4. The minimum atomic E-state index is -1.54. The van der Waals surface area contributed by atoms with Crippen molar-refractivity contribution in [3.05, 3.63) is 460 Å². The van der Waals surface area contributed by atoms with Crippen molar-refractivity contribution in [1.29, 1.82) is 0 Å². The molecule has 8 aromatic heterocycles. The van der Waals surface area contributed by atoms with Crippen LogP contribution >= 0.6 is 0 Å². The maximum absolute atomic E-state index is 9.92. The van der Waals surface area contributed by atoms with Gasteiger partial charge in [-0.15, -0.1) is 0 Å². The molecule has 0 bridgehead atoms. The molecule has 29 aromatic rings. The predicted molar refractivity (Wildman–Crippen MR) is 594 cm³/mol. The molecule has 4 aliphatic rings. The zero-order valence-corrected chi connectivity index (χ0v) is 75.2. The van der Waals surface area contributed by atoms with E-state index >= 15 is 0 Å². The van der Waals surface area contributed by atoms with Crippen LogP contribution in [0.5, 0.6) is 46.0 Å². The fourth-order valence-corrected chi connectivity index (χ4v) is 21.4. The quantitative estimate of drug-likeness (QED) is 0.138. The molecule has 0 saturated heterocycles. The molecular formula is C130H78B2N8O5. The van der Waals surface area contributed by atoms with Crippen LogP contribution in [0, 0.1) is 6.92 Å². The predicted octanol–water partition coefficient (Wildman–Crippen LogP) is 29.1. The second-order valence-corrected chi connectivity index (χ2v) is 35.3. The number of hydrogen-bond acceptors (Lipinski definition) is 8. The molecule has 0 unspecified atom stereocenters. The molecule has 0 saturated carbocycles. The fraction of sp³-hybridized carbons (Fsp3) is 0.00769. The summed E-state index contributed by atoms with van der Waals surface area (Å²) in [7, 11) is 0. The first-order valence-corrected chi connectivity index (χ1v) is 46.3. The number of rotatable bonds is 8. The maximum Gasteiger partial charge on any atom is 0.260 e. The first-order chi connectivity index (χ1) is 87.3. The lowest BCUT2D eigenvalue weighted by atomic mass is 9.35. The Kier molecular flexibility index (Phi) is 11.4. The lowest BCUT2D eigenvalue weighted by Gasteiger charge is -2.33. The number of para-hydroxylation sites is 11. The summed E-state index contributed by atoms with van der Waals surface area (Å²) in [5.41, 5.74) is 6.99. The topological polar surface area (TPSA) is 113 Å². The van der Waals surface area contributed by atoms with Crippen LogP contribution in [0.2, 0.25) is 0 Å². The molecule has 33 rings (SSSR count). The Morgan fingerprint density at radius 2 is 0.641 bits per heavy atom. The SMILES string of the molecule is [2H]c1c([2H])c([2H])c2c(c1[2H])Oc1c([2H])c(-n3c4c([2H])c([2H])c([2H])c([2H])c4c4c5c6c([2H])c([2H])c(C)c([2H])c6n(-c6ccccc6)c5c([2H])c([2H])c43)c([2H])c3c1B2c1c([2H])c([2H])c([2H])c([2H])c1O3.[2H]c1c([2H])c([2H])c2c(c1[2H])Oc1c([2H])c(-n3c4ccccc4c4c5c6ccccc6n(-c6ccccc6)c5ccc43)c([2H])c3c1B2c1c([2H])c([2H])c([2H])c([2H])c1O3.[2H]c1c([2H])c([2H])c2c(c1[2H])c1c3oc4ccccc4c3c([2H])c3c4c([2H])c(-c5cccc(-c6nc(-c7ccccc7)nc(-c7ccccc7)n6)c5)c([2H])c([2H])c4n2c31. The van der Waals surface area contributed by atoms with E-state index in [1.807, 2.05) is 156 Å². The van der Waals surface area contributed by atoms with Crippen molar-refractivity contribution >= 4 is 193 Å². The second-order valence-electron chi connectivity index (χ2n) is 35.3. The molecule has 15 heteroatoms. The number of fused-ring (bicyclic) bond motifs is 32. The van der Waals surface area contributed by atoms with E-state index in [1.54, 1.807) is 54.6 Å². The van der Waals surface area contributed by atoms with E-state index in [0.717, 1.165) is 54.0 Å². The summed E-state index contributed by atoms with van der Waals surface area (Å²) in [4.78, 5) is 14.5. The number of aromatic nitrogens is 8. The Hall–Kier alpha value is -19.2. The third-order valence-corrected chi connectivity index (χ3v) is 27.4. The highest BCUT2D eigenvalue weighted by Crippen LogP contribution is 2.51. The minimum Gasteiger partial charge on any atom is -0.458 e. The monoisotopic (exact) mass is 1890 g/mol. The summed E-state index contributed by atoms with van der Waals surface area (Å²) in [6.45, 7) is -1.31. The van der Waals surface area contributed by atoms with Crippen LogP contribution in [-0.4, -0.2) is 51.0 Å². The van der Waals surface area contributed by atoms with Crippen molar-refractivity contribution in [2.24, 2.45) is 0 Å².